The minimum atomic E-state index is -0.409. The molecule has 0 radical (unpaired) electrons. The van der Waals surface area contributed by atoms with Gasteiger partial charge in [-0.3, -0.25) is 9.97 Å². The van der Waals surface area contributed by atoms with Crippen molar-refractivity contribution in [3.63, 3.8) is 0 Å². The van der Waals surface area contributed by atoms with Crippen LogP contribution in [0.1, 0.15) is 17.3 Å². The second kappa shape index (κ2) is 6.80. The molecule has 0 aliphatic rings. The minimum absolute atomic E-state index is 0.105. The molecule has 0 fully saturated rings. The molecule has 2 aromatic carbocycles. The highest BCUT2D eigenvalue weighted by atomic mass is 19.1. The van der Waals surface area contributed by atoms with Crippen LogP contribution in [0.15, 0.2) is 79.1 Å². The molecule has 0 saturated carbocycles. The van der Waals surface area contributed by atoms with Gasteiger partial charge in [-0.05, 0) is 42.5 Å². The monoisotopic (exact) mass is 345 g/mol. The van der Waals surface area contributed by atoms with E-state index >= 15 is 0 Å². The summed E-state index contributed by atoms with van der Waals surface area (Å²) >= 11 is 0. The summed E-state index contributed by atoms with van der Waals surface area (Å²) in [7, 11) is 0. The second-order valence-corrected chi connectivity index (χ2v) is 5.92. The van der Waals surface area contributed by atoms with Crippen LogP contribution >= 0.6 is 0 Å². The van der Waals surface area contributed by atoms with Gasteiger partial charge in [0.25, 0.3) is 0 Å². The number of anilines is 1. The number of aromatic nitrogens is 2. The van der Waals surface area contributed by atoms with Gasteiger partial charge in [-0.25, -0.2) is 4.39 Å². The molecule has 0 aliphatic heterocycles. The number of phenolic OH excluding ortho intramolecular Hbond substituents is 1. The van der Waals surface area contributed by atoms with Gasteiger partial charge in [0, 0.05) is 29.0 Å². The van der Waals surface area contributed by atoms with E-state index in [9.17, 15) is 9.50 Å². The van der Waals surface area contributed by atoms with Gasteiger partial charge in [0.15, 0.2) is 0 Å². The molecule has 0 bridgehead atoms. The summed E-state index contributed by atoms with van der Waals surface area (Å²) in [6, 6.07) is 18.8. The van der Waals surface area contributed by atoms with Crippen molar-refractivity contribution in [3.8, 4) is 5.75 Å². The molecule has 1 atom stereocenters. The first-order chi connectivity index (χ1) is 12.7. The average Bonchev–Trinajstić information content (AvgIpc) is 2.69. The van der Waals surface area contributed by atoms with Crippen LogP contribution in [0.5, 0.6) is 5.75 Å². The number of phenols is 1. The fraction of sp³-hybridized carbons (Fsp3) is 0.0476. The van der Waals surface area contributed by atoms with E-state index in [4.69, 9.17) is 0 Å². The third-order valence-electron chi connectivity index (χ3n) is 4.23. The van der Waals surface area contributed by atoms with Gasteiger partial charge in [-0.15, -0.1) is 0 Å². The Morgan fingerprint density at radius 1 is 0.846 bits per heavy atom. The van der Waals surface area contributed by atoms with Gasteiger partial charge in [0.2, 0.25) is 0 Å². The van der Waals surface area contributed by atoms with Gasteiger partial charge >= 0.3 is 0 Å². The van der Waals surface area contributed by atoms with Crippen molar-refractivity contribution in [1.29, 1.82) is 0 Å². The topological polar surface area (TPSA) is 58.0 Å². The molecular weight excluding hydrogens is 329 g/mol. The lowest BCUT2D eigenvalue weighted by molar-refractivity contribution is 0.471. The summed E-state index contributed by atoms with van der Waals surface area (Å²) < 4.78 is 13.2. The number of nitrogens with zero attached hydrogens (tertiary/aromatic N) is 2. The molecule has 2 aromatic heterocycles. The standard InChI is InChI=1S/C21H16FN3O/c22-15-7-9-16(10-8-15)25-20(18-5-1-2-12-23-18)17-11-6-14-4-3-13-24-19(14)21(17)26/h1-13,20,25-26H. The number of rotatable bonds is 4. The predicted molar refractivity (Wildman–Crippen MR) is 99.5 cm³/mol. The molecule has 0 amide bonds. The molecular formula is C21H16FN3O. The zero-order valence-corrected chi connectivity index (χ0v) is 13.8. The highest BCUT2D eigenvalue weighted by molar-refractivity contribution is 5.85. The SMILES string of the molecule is Oc1c(C(Nc2ccc(F)cc2)c2ccccn2)ccc2cccnc12. The van der Waals surface area contributed by atoms with Gasteiger partial charge in [0.1, 0.15) is 17.1 Å². The summed E-state index contributed by atoms with van der Waals surface area (Å²) in [5.41, 5.74) is 2.65. The Kier molecular flexibility index (Phi) is 4.19. The summed E-state index contributed by atoms with van der Waals surface area (Å²) in [6.07, 6.45) is 3.35. The highest BCUT2D eigenvalue weighted by Crippen LogP contribution is 2.35. The number of aromatic hydroxyl groups is 1. The summed E-state index contributed by atoms with van der Waals surface area (Å²) in [5.74, 6) is -0.198. The van der Waals surface area contributed by atoms with Crippen molar-refractivity contribution in [2.24, 2.45) is 0 Å². The lowest BCUT2D eigenvalue weighted by Crippen LogP contribution is -2.14. The van der Waals surface area contributed by atoms with Crippen LogP contribution in [0.25, 0.3) is 10.9 Å². The lowest BCUT2D eigenvalue weighted by atomic mass is 9.99. The Balaban J connectivity index is 1.83. The van der Waals surface area contributed by atoms with Crippen LogP contribution < -0.4 is 5.32 Å². The molecule has 4 aromatic rings. The van der Waals surface area contributed by atoms with Crippen LogP contribution in [0, 0.1) is 5.82 Å². The third-order valence-corrected chi connectivity index (χ3v) is 4.23. The van der Waals surface area contributed by atoms with Crippen LogP contribution in [-0.4, -0.2) is 15.1 Å². The van der Waals surface area contributed by atoms with E-state index in [1.807, 2.05) is 42.5 Å². The molecule has 1 unspecified atom stereocenters. The number of fused-ring (bicyclic) bond motifs is 1. The first-order valence-electron chi connectivity index (χ1n) is 8.22. The number of hydrogen-bond donors (Lipinski definition) is 2. The zero-order valence-electron chi connectivity index (χ0n) is 13.8. The van der Waals surface area contributed by atoms with Crippen LogP contribution in [-0.2, 0) is 0 Å². The molecule has 5 heteroatoms. The van der Waals surface area contributed by atoms with Crippen LogP contribution in [0.3, 0.4) is 0 Å². The summed E-state index contributed by atoms with van der Waals surface area (Å²) in [4.78, 5) is 8.71. The molecule has 0 spiro atoms. The highest BCUT2D eigenvalue weighted by Gasteiger charge is 2.20. The normalized spacial score (nSPS) is 12.0. The largest absolute Gasteiger partial charge is 0.505 e. The Morgan fingerprint density at radius 2 is 1.65 bits per heavy atom. The lowest BCUT2D eigenvalue weighted by Gasteiger charge is -2.21. The Morgan fingerprint density at radius 3 is 2.42 bits per heavy atom. The van der Waals surface area contributed by atoms with Crippen molar-refractivity contribution in [1.82, 2.24) is 9.97 Å². The summed E-state index contributed by atoms with van der Waals surface area (Å²) in [5, 5.41) is 15.0. The van der Waals surface area contributed by atoms with Gasteiger partial charge in [-0.1, -0.05) is 24.3 Å². The molecule has 4 nitrogen and oxygen atoms in total. The van der Waals surface area contributed by atoms with E-state index in [1.54, 1.807) is 24.5 Å². The fourth-order valence-corrected chi connectivity index (χ4v) is 2.95. The van der Waals surface area contributed by atoms with Crippen molar-refractivity contribution < 1.29 is 9.50 Å². The van der Waals surface area contributed by atoms with Gasteiger partial charge in [0.05, 0.1) is 11.7 Å². The Hall–Kier alpha value is -3.47. The van der Waals surface area contributed by atoms with E-state index in [0.717, 1.165) is 16.8 Å². The first kappa shape index (κ1) is 16.0. The minimum Gasteiger partial charge on any atom is -0.505 e. The number of pyridine rings is 2. The maximum atomic E-state index is 13.2. The third kappa shape index (κ3) is 3.07. The van der Waals surface area contributed by atoms with E-state index in [0.29, 0.717) is 11.1 Å². The van der Waals surface area contributed by atoms with Crippen LogP contribution in [0.4, 0.5) is 10.1 Å². The van der Waals surface area contributed by atoms with Crippen molar-refractivity contribution in [2.45, 2.75) is 6.04 Å². The molecule has 4 rings (SSSR count). The van der Waals surface area contributed by atoms with Crippen molar-refractivity contribution in [3.05, 3.63) is 96.2 Å². The molecule has 2 heterocycles. The maximum Gasteiger partial charge on any atom is 0.147 e. The number of hydrogen-bond acceptors (Lipinski definition) is 4. The molecule has 0 saturated heterocycles. The second-order valence-electron chi connectivity index (χ2n) is 5.92. The Bertz CT molecular complexity index is 1040. The zero-order chi connectivity index (χ0) is 17.9. The maximum absolute atomic E-state index is 13.2. The quantitative estimate of drug-likeness (QED) is 0.564. The molecule has 26 heavy (non-hydrogen) atoms. The smallest absolute Gasteiger partial charge is 0.147 e. The van der Waals surface area contributed by atoms with Crippen molar-refractivity contribution in [2.75, 3.05) is 5.32 Å². The first-order valence-corrected chi connectivity index (χ1v) is 8.22. The molecule has 2 N–H and O–H groups in total. The van der Waals surface area contributed by atoms with Gasteiger partial charge in [-0.2, -0.15) is 0 Å². The number of nitrogens with one attached hydrogen (secondary N) is 1. The summed E-state index contributed by atoms with van der Waals surface area (Å²) in [6.45, 7) is 0. The number of benzene rings is 2. The van der Waals surface area contributed by atoms with E-state index in [-0.39, 0.29) is 11.6 Å². The van der Waals surface area contributed by atoms with E-state index < -0.39 is 6.04 Å². The predicted octanol–water partition coefficient (Wildman–Crippen LogP) is 4.68. The fourth-order valence-electron chi connectivity index (χ4n) is 2.95. The van der Waals surface area contributed by atoms with Gasteiger partial charge < -0.3 is 10.4 Å². The van der Waals surface area contributed by atoms with E-state index in [1.165, 1.54) is 12.1 Å². The molecule has 128 valence electrons. The van der Waals surface area contributed by atoms with Crippen molar-refractivity contribution >= 4 is 16.6 Å². The van der Waals surface area contributed by atoms with Crippen LogP contribution in [0.2, 0.25) is 0 Å². The average molecular weight is 345 g/mol. The number of halogens is 1. The van der Waals surface area contributed by atoms with E-state index in [2.05, 4.69) is 15.3 Å². The Labute approximate surface area is 150 Å². The molecule has 0 aliphatic carbocycles.